The Bertz CT molecular complexity index is 961. The maximum Gasteiger partial charge on any atom is 0.333 e. The molecule has 0 saturated heterocycles. The number of aromatic nitrogens is 3. The Morgan fingerprint density at radius 3 is 2.46 bits per heavy atom. The number of unbranched alkanes of at least 4 members (excludes halogenated alkanes) is 2. The summed E-state index contributed by atoms with van der Waals surface area (Å²) in [4.78, 5) is 13.5. The molecule has 0 spiro atoms. The zero-order valence-corrected chi connectivity index (χ0v) is 16.3. The van der Waals surface area contributed by atoms with Gasteiger partial charge in [-0.3, -0.25) is 0 Å². The molecule has 1 heterocycles. The number of rotatable bonds is 8. The number of carbonyl (C=O) groups is 1. The first-order valence-corrected chi connectivity index (χ1v) is 9.51. The smallest absolute Gasteiger partial charge is 0.333 e. The summed E-state index contributed by atoms with van der Waals surface area (Å²) >= 11 is 0. The molecule has 6 heteroatoms. The molecule has 0 radical (unpaired) electrons. The first-order chi connectivity index (χ1) is 13.5. The molecule has 0 aliphatic rings. The average molecular weight is 379 g/mol. The molecule has 1 unspecified atom stereocenters. The summed E-state index contributed by atoms with van der Waals surface area (Å²) in [6.45, 7) is 7.42. The minimum atomic E-state index is -0.418. The molecule has 0 aliphatic heterocycles. The monoisotopic (exact) mass is 379 g/mol. The summed E-state index contributed by atoms with van der Waals surface area (Å²) < 4.78 is 5.66. The zero-order valence-electron chi connectivity index (χ0n) is 16.3. The van der Waals surface area contributed by atoms with E-state index in [0.29, 0.717) is 17.7 Å². The molecule has 6 nitrogen and oxygen atoms in total. The van der Waals surface area contributed by atoms with E-state index in [1.165, 1.54) is 4.80 Å². The van der Waals surface area contributed by atoms with Gasteiger partial charge < -0.3 is 9.84 Å². The maximum atomic E-state index is 12.1. The number of phenolic OH excluding ortho intramolecular Hbond substituents is 1. The van der Waals surface area contributed by atoms with Gasteiger partial charge in [-0.05, 0) is 49.6 Å². The highest BCUT2D eigenvalue weighted by molar-refractivity contribution is 5.87. The molecule has 146 valence electrons. The third kappa shape index (κ3) is 4.39. The van der Waals surface area contributed by atoms with Crippen molar-refractivity contribution in [1.29, 1.82) is 0 Å². The van der Waals surface area contributed by atoms with Gasteiger partial charge in [0, 0.05) is 5.57 Å². The third-order valence-electron chi connectivity index (χ3n) is 4.54. The van der Waals surface area contributed by atoms with Crippen LogP contribution in [0.4, 0.5) is 0 Å². The van der Waals surface area contributed by atoms with Crippen molar-refractivity contribution in [2.24, 2.45) is 0 Å². The summed E-state index contributed by atoms with van der Waals surface area (Å²) in [6, 6.07) is 12.6. The number of fused-ring (bicyclic) bond motifs is 1. The van der Waals surface area contributed by atoms with Crippen LogP contribution >= 0.6 is 0 Å². The summed E-state index contributed by atoms with van der Waals surface area (Å²) in [5, 5.41) is 19.2. The first-order valence-electron chi connectivity index (χ1n) is 9.51. The van der Waals surface area contributed by atoms with E-state index in [9.17, 15) is 9.90 Å². The lowest BCUT2D eigenvalue weighted by molar-refractivity contribution is -0.145. The molecule has 1 aromatic heterocycles. The Morgan fingerprint density at radius 2 is 1.86 bits per heavy atom. The fourth-order valence-electron chi connectivity index (χ4n) is 2.97. The van der Waals surface area contributed by atoms with Crippen LogP contribution < -0.4 is 0 Å². The molecule has 0 fully saturated rings. The van der Waals surface area contributed by atoms with Gasteiger partial charge in [0.05, 0.1) is 0 Å². The van der Waals surface area contributed by atoms with Gasteiger partial charge in [0.15, 0.2) is 0 Å². The van der Waals surface area contributed by atoms with Crippen molar-refractivity contribution in [3.05, 3.63) is 60.2 Å². The Morgan fingerprint density at radius 1 is 1.18 bits per heavy atom. The molecule has 3 rings (SSSR count). The topological polar surface area (TPSA) is 77.2 Å². The minimum Gasteiger partial charge on any atom is -0.506 e. The average Bonchev–Trinajstić information content (AvgIpc) is 3.11. The Balaban J connectivity index is 1.95. The highest BCUT2D eigenvalue weighted by Gasteiger charge is 2.19. The summed E-state index contributed by atoms with van der Waals surface area (Å²) in [7, 11) is 0. The fourth-order valence-corrected chi connectivity index (χ4v) is 2.97. The van der Waals surface area contributed by atoms with E-state index >= 15 is 0 Å². The molecule has 1 N–H and O–H groups in total. The number of hydrogen-bond acceptors (Lipinski definition) is 5. The zero-order chi connectivity index (χ0) is 20.1. The number of hydrogen-bond donors (Lipinski definition) is 1. The van der Waals surface area contributed by atoms with Crippen LogP contribution in [-0.2, 0) is 9.53 Å². The molecule has 3 aromatic rings. The number of benzene rings is 2. The molecule has 1 atom stereocenters. The Hall–Kier alpha value is -3.15. The quantitative estimate of drug-likeness (QED) is 0.343. The summed E-state index contributed by atoms with van der Waals surface area (Å²) in [5.74, 6) is -0.360. The number of carbonyl (C=O) groups excluding carboxylic acids is 1. The number of phenols is 1. The third-order valence-corrected chi connectivity index (χ3v) is 4.54. The van der Waals surface area contributed by atoms with E-state index in [1.54, 1.807) is 25.1 Å². The highest BCUT2D eigenvalue weighted by Crippen LogP contribution is 2.30. The van der Waals surface area contributed by atoms with E-state index in [4.69, 9.17) is 4.74 Å². The maximum absolute atomic E-state index is 12.1. The van der Waals surface area contributed by atoms with Crippen LogP contribution in [0.5, 0.6) is 5.75 Å². The predicted octanol–water partition coefficient (Wildman–Crippen LogP) is 4.87. The highest BCUT2D eigenvalue weighted by atomic mass is 16.5. The minimum absolute atomic E-state index is 0.0580. The molecule has 28 heavy (non-hydrogen) atoms. The normalized spacial score (nSPS) is 12.1. The second-order valence-corrected chi connectivity index (χ2v) is 6.90. The molecule has 0 saturated carbocycles. The van der Waals surface area contributed by atoms with Crippen molar-refractivity contribution in [2.75, 3.05) is 0 Å². The summed E-state index contributed by atoms with van der Waals surface area (Å²) in [6.07, 6.45) is 3.35. The second kappa shape index (κ2) is 8.69. The van der Waals surface area contributed by atoms with Crippen LogP contribution in [0.3, 0.4) is 0 Å². The molecule has 2 aromatic carbocycles. The Labute approximate surface area is 164 Å². The van der Waals surface area contributed by atoms with Crippen LogP contribution in [0.2, 0.25) is 0 Å². The van der Waals surface area contributed by atoms with Crippen molar-refractivity contribution in [3.63, 3.8) is 0 Å². The second-order valence-electron chi connectivity index (χ2n) is 6.90. The van der Waals surface area contributed by atoms with Gasteiger partial charge >= 0.3 is 5.97 Å². The van der Waals surface area contributed by atoms with Crippen molar-refractivity contribution in [3.8, 4) is 11.4 Å². The molecule has 0 aliphatic carbocycles. The lowest BCUT2D eigenvalue weighted by Crippen LogP contribution is -2.13. The van der Waals surface area contributed by atoms with Crippen LogP contribution in [0.25, 0.3) is 16.7 Å². The standard InChI is InChI=1S/C22H25N3O3/c1-4-5-6-11-21(28-22(27)15(2)3)16-12-13-20(26)19(14-16)25-23-17-9-7-8-10-18(17)24-25/h7-10,12-14,21,26H,2,4-6,11H2,1,3H3. The summed E-state index contributed by atoms with van der Waals surface area (Å²) in [5.41, 5.74) is 3.07. The van der Waals surface area contributed by atoms with Gasteiger partial charge in [-0.25, -0.2) is 4.79 Å². The van der Waals surface area contributed by atoms with Crippen LogP contribution in [0, 0.1) is 0 Å². The van der Waals surface area contributed by atoms with Gasteiger partial charge in [0.1, 0.15) is 28.6 Å². The van der Waals surface area contributed by atoms with E-state index in [1.807, 2.05) is 24.3 Å². The van der Waals surface area contributed by atoms with Crippen molar-refractivity contribution >= 4 is 17.0 Å². The number of ether oxygens (including phenoxy) is 1. The van der Waals surface area contributed by atoms with Crippen LogP contribution in [-0.4, -0.2) is 26.1 Å². The van der Waals surface area contributed by atoms with Crippen molar-refractivity contribution < 1.29 is 14.6 Å². The van der Waals surface area contributed by atoms with Gasteiger partial charge in [-0.15, -0.1) is 15.0 Å². The lowest BCUT2D eigenvalue weighted by atomic mass is 10.0. The number of nitrogens with zero attached hydrogens (tertiary/aromatic N) is 3. The van der Waals surface area contributed by atoms with E-state index < -0.39 is 12.1 Å². The predicted molar refractivity (Wildman–Crippen MR) is 108 cm³/mol. The first kappa shape index (κ1) is 19.6. The SMILES string of the molecule is C=C(C)C(=O)OC(CCCCC)c1ccc(O)c(-n2nc3ccccc3n2)c1. The van der Waals surface area contributed by atoms with Crippen LogP contribution in [0.15, 0.2) is 54.6 Å². The van der Waals surface area contributed by atoms with E-state index in [0.717, 1.165) is 35.9 Å². The van der Waals surface area contributed by atoms with Crippen molar-refractivity contribution in [2.45, 2.75) is 45.6 Å². The fraction of sp³-hybridized carbons (Fsp3) is 0.318. The van der Waals surface area contributed by atoms with Gasteiger partial charge in [-0.2, -0.15) is 0 Å². The van der Waals surface area contributed by atoms with Gasteiger partial charge in [0.2, 0.25) is 0 Å². The van der Waals surface area contributed by atoms with Gasteiger partial charge in [-0.1, -0.05) is 44.5 Å². The largest absolute Gasteiger partial charge is 0.506 e. The molecular weight excluding hydrogens is 354 g/mol. The van der Waals surface area contributed by atoms with E-state index in [-0.39, 0.29) is 5.75 Å². The number of esters is 1. The van der Waals surface area contributed by atoms with Crippen molar-refractivity contribution in [1.82, 2.24) is 15.0 Å². The number of aromatic hydroxyl groups is 1. The van der Waals surface area contributed by atoms with Crippen LogP contribution in [0.1, 0.15) is 51.2 Å². The van der Waals surface area contributed by atoms with E-state index in [2.05, 4.69) is 23.7 Å². The Kier molecular flexibility index (Phi) is 6.09. The molecular formula is C22H25N3O3. The lowest BCUT2D eigenvalue weighted by Gasteiger charge is -2.19. The van der Waals surface area contributed by atoms with Gasteiger partial charge in [0.25, 0.3) is 0 Å². The molecule has 0 amide bonds. The molecule has 0 bridgehead atoms.